The van der Waals surface area contributed by atoms with Crippen LogP contribution < -0.4 is 16.0 Å². The second kappa shape index (κ2) is 40.0. The average Bonchev–Trinajstić information content (AvgIpc) is 1.74. The van der Waals surface area contributed by atoms with Crippen molar-refractivity contribution in [3.63, 3.8) is 0 Å². The number of ether oxygens (including phenoxy) is 2. The predicted octanol–water partition coefficient (Wildman–Crippen LogP) is 6.18. The molecule has 4 heterocycles. The summed E-state index contributed by atoms with van der Waals surface area (Å²) in [4.78, 5) is 196. The molecule has 113 heavy (non-hydrogen) atoms. The van der Waals surface area contributed by atoms with Crippen LogP contribution in [-0.4, -0.2) is 301 Å². The summed E-state index contributed by atoms with van der Waals surface area (Å²) in [7, 11) is 8.34. The number of rotatable bonds is 13. The highest BCUT2D eigenvalue weighted by Crippen LogP contribution is 2.45. The summed E-state index contributed by atoms with van der Waals surface area (Å²) in [5, 5.41) is 18.8. The minimum Gasteiger partial charge on any atom is -0.378 e. The van der Waals surface area contributed by atoms with Gasteiger partial charge in [0.1, 0.15) is 78.3 Å². The van der Waals surface area contributed by atoms with Crippen molar-refractivity contribution in [2.45, 2.75) is 285 Å². The van der Waals surface area contributed by atoms with Crippen molar-refractivity contribution < 1.29 is 93.4 Å². The molecule has 14 atom stereocenters. The van der Waals surface area contributed by atoms with Crippen LogP contribution in [0.2, 0.25) is 0 Å². The molecule has 4 aliphatic heterocycles. The second-order valence-corrected chi connectivity index (χ2v) is 34.0. The summed E-state index contributed by atoms with van der Waals surface area (Å²) >= 11 is 0. The number of carbonyl (C=O) groups is 12. The zero-order chi connectivity index (χ0) is 82.5. The molecule has 634 valence electrons. The summed E-state index contributed by atoms with van der Waals surface area (Å²) in [6, 6.07) is -8.67. The molecular weight excluding hydrogens is 1480 g/mol. The molecule has 27 nitrogen and oxygen atoms in total. The van der Waals surface area contributed by atoms with Gasteiger partial charge in [-0.05, 0) is 159 Å². The number of nitrogens with one attached hydrogen (secondary N) is 3. The van der Waals surface area contributed by atoms with Crippen LogP contribution in [0, 0.1) is 52.8 Å². The van der Waals surface area contributed by atoms with E-state index in [2.05, 4.69) is 22.0 Å². The van der Waals surface area contributed by atoms with Crippen LogP contribution in [0.15, 0.2) is 0 Å². The first-order valence-electron chi connectivity index (χ1n) is 41.6. The lowest BCUT2D eigenvalue weighted by Crippen LogP contribution is -2.68. The van der Waals surface area contributed by atoms with Crippen LogP contribution in [0.4, 0.5) is 26.3 Å². The molecule has 0 aromatic carbocycles. The number of hydrogen-bond acceptors (Lipinski definition) is 15. The number of likely N-dealkylation sites (N-methyl/N-ethyl adjacent to an activating group) is 6. The topological polar surface area (TPSA) is 312 Å². The van der Waals surface area contributed by atoms with E-state index in [0.717, 1.165) is 14.7 Å². The van der Waals surface area contributed by atoms with Gasteiger partial charge in [-0.3, -0.25) is 57.5 Å². The number of morpholine rings is 1. The van der Waals surface area contributed by atoms with Crippen molar-refractivity contribution in [2.75, 3.05) is 101 Å². The van der Waals surface area contributed by atoms with Crippen LogP contribution >= 0.6 is 0 Å². The summed E-state index contributed by atoms with van der Waals surface area (Å²) in [6.45, 7) is 4.23. The van der Waals surface area contributed by atoms with Gasteiger partial charge in [0.15, 0.2) is 0 Å². The molecule has 12 amide bonds. The summed E-state index contributed by atoms with van der Waals surface area (Å²) in [5.41, 5.74) is -1.69. The zero-order valence-electron chi connectivity index (χ0n) is 67.6. The largest absolute Gasteiger partial charge is 0.397 e. The maximum atomic E-state index is 15.9. The van der Waals surface area contributed by atoms with E-state index in [1.807, 2.05) is 6.92 Å². The van der Waals surface area contributed by atoms with Gasteiger partial charge in [0.25, 0.3) is 0 Å². The molecule has 33 heteroatoms. The number of halogens is 6. The number of fused-ring (bicyclic) bond motifs is 3. The van der Waals surface area contributed by atoms with Gasteiger partial charge in [0.05, 0.1) is 44.9 Å². The van der Waals surface area contributed by atoms with Gasteiger partial charge < -0.3 is 69.5 Å². The molecule has 0 aromatic rings. The van der Waals surface area contributed by atoms with E-state index in [1.54, 1.807) is 13.8 Å². The fraction of sp³-hybridized carbons (Fsp3) is 0.838. The maximum absolute atomic E-state index is 15.9. The number of alkyl halides is 6. The van der Waals surface area contributed by atoms with Gasteiger partial charge in [-0.2, -0.15) is 18.4 Å². The molecule has 9 rings (SSSR count). The van der Waals surface area contributed by atoms with E-state index in [1.165, 1.54) is 71.7 Å². The van der Waals surface area contributed by atoms with Crippen LogP contribution in [0.1, 0.15) is 201 Å². The minimum absolute atomic E-state index is 0.0213. The Morgan fingerprint density at radius 3 is 1.88 bits per heavy atom. The molecule has 1 spiro atoms. The Balaban J connectivity index is 1.12. The fourth-order valence-corrected chi connectivity index (χ4v) is 19.1. The van der Waals surface area contributed by atoms with Gasteiger partial charge in [0.2, 0.25) is 70.9 Å². The molecule has 0 aromatic heterocycles. The van der Waals surface area contributed by atoms with Crippen molar-refractivity contribution in [3.05, 3.63) is 0 Å². The molecule has 5 aliphatic carbocycles. The smallest absolute Gasteiger partial charge is 0.378 e. The minimum atomic E-state index is -5.19. The number of amides is 12. The molecule has 9 fully saturated rings. The van der Waals surface area contributed by atoms with E-state index in [0.29, 0.717) is 96.3 Å². The van der Waals surface area contributed by atoms with E-state index < -0.39 is 218 Å². The maximum Gasteiger partial charge on any atom is 0.397 e. The molecule has 0 radical (unpaired) electrons. The number of hydrogen-bond donors (Lipinski definition) is 3. The third-order valence-corrected chi connectivity index (χ3v) is 26.4. The zero-order valence-corrected chi connectivity index (χ0v) is 67.6. The number of nitriles is 1. The van der Waals surface area contributed by atoms with E-state index in [4.69, 9.17) is 9.47 Å². The quantitative estimate of drug-likeness (QED) is 0.173. The number of carbonyl (C=O) groups excluding carboxylic acids is 12. The SMILES string of the molecule is CCO[C@@H]1C[C@H]2C(=O)NC3(CCC3)C(=O)N(C)[C@@H](C3CCCC3)C(=O)N(C)[C@H](C(=O)N3CCOCC3)CC(=O)N(C)[C@@H](CC3CCCC(C#N)C3)C(=O)N[C@@H]([C@@H](C)CC)C(=O)N(C)CC(=O)N(C)[C@H]3CCCCCN(C3=O)[C@@H](CC3CCC(F)CC3)C(=O)N(C)CC(=O)N[C@@H](CCC3CC(F)C(C(F)(F)F)C(F)C3)C(=O)N2C1. The third kappa shape index (κ3) is 21.8. The fourth-order valence-electron chi connectivity index (χ4n) is 19.1. The molecule has 5 saturated carbocycles. The van der Waals surface area contributed by atoms with Gasteiger partial charge in [-0.1, -0.05) is 58.8 Å². The monoisotopic (exact) mass is 1600 g/mol. The third-order valence-electron chi connectivity index (χ3n) is 26.4. The molecular formula is C80H123F6N13O14. The van der Waals surface area contributed by atoms with Crippen molar-refractivity contribution in [1.82, 2.24) is 60.0 Å². The van der Waals surface area contributed by atoms with Gasteiger partial charge in [-0.25, -0.2) is 13.2 Å². The Morgan fingerprint density at radius 1 is 0.611 bits per heavy atom. The molecule has 4 saturated heterocycles. The highest BCUT2D eigenvalue weighted by molar-refractivity contribution is 6.01. The first-order chi connectivity index (χ1) is 53.6. The number of nitrogens with zero attached hydrogens (tertiary/aromatic N) is 10. The Kier molecular flexibility index (Phi) is 31.7. The van der Waals surface area contributed by atoms with Gasteiger partial charge in [0, 0.05) is 87.4 Å². The lowest BCUT2D eigenvalue weighted by Gasteiger charge is -2.47. The standard InChI is InChI=1S/C80H123F6N13O14/c1-10-48(3)68-76(109)92(5)47-66(102)93(6)59-23-13-12-16-32-98(75(59)108)63(40-49-24-27-54(81)28-25-49)73(106)91(4)46-64(100)88-58(29-26-51-38-56(82)67(57(83)39-51)80(84,85)86)72(105)99-45-55(113-11-2)42-61(99)71(104)90-79(30-18-31-79)78(111)96(9)69(53-21-14-15-22-53)77(110)95(8)62(74(107)97-33-35-112-36-34-97)43-65(101)94(7)60(70(103)89-68)41-50-19-17-20-52(37-50)44-87/h48-63,67-69H,10-43,45-47H2,1-9H3,(H,88,100)(H,89,103)(H,90,104)/t48-,49?,50?,51?,52?,54?,55+,56?,57?,58-,59-,60-,61-,62-,63-,67?,68-,69-/m0/s1. The van der Waals surface area contributed by atoms with Crippen LogP contribution in [-0.2, 0) is 67.0 Å². The summed E-state index contributed by atoms with van der Waals surface area (Å²) in [5.74, 6) is -14.7. The van der Waals surface area contributed by atoms with E-state index >= 15 is 56.7 Å². The predicted molar refractivity (Wildman–Crippen MR) is 401 cm³/mol. The lowest BCUT2D eigenvalue weighted by atomic mass is 9.74. The summed E-state index contributed by atoms with van der Waals surface area (Å²) < 4.78 is 99.6. The Hall–Kier alpha value is -7.37. The molecule has 4 unspecified atom stereocenters. The van der Waals surface area contributed by atoms with Crippen molar-refractivity contribution in [2.24, 2.45) is 41.4 Å². The van der Waals surface area contributed by atoms with Crippen molar-refractivity contribution in [1.29, 1.82) is 5.26 Å². The highest BCUT2D eigenvalue weighted by Gasteiger charge is 2.56. The van der Waals surface area contributed by atoms with Gasteiger partial charge >= 0.3 is 6.18 Å². The summed E-state index contributed by atoms with van der Waals surface area (Å²) in [6.07, 6.45) is -7.12. The van der Waals surface area contributed by atoms with E-state index in [9.17, 15) is 32.4 Å². The Morgan fingerprint density at radius 2 is 1.26 bits per heavy atom. The van der Waals surface area contributed by atoms with Crippen molar-refractivity contribution in [3.8, 4) is 6.07 Å². The molecule has 2 bridgehead atoms. The molecule has 9 aliphatic rings. The van der Waals surface area contributed by atoms with E-state index in [-0.39, 0.29) is 122 Å². The van der Waals surface area contributed by atoms with Crippen LogP contribution in [0.3, 0.4) is 0 Å². The molecule has 3 N–H and O–H groups in total. The van der Waals surface area contributed by atoms with Gasteiger partial charge in [-0.15, -0.1) is 0 Å². The first kappa shape index (κ1) is 89.6. The lowest BCUT2D eigenvalue weighted by molar-refractivity contribution is -0.219. The second-order valence-electron chi connectivity index (χ2n) is 34.0. The normalized spacial score (nSPS) is 33.6. The Bertz CT molecular complexity index is 3390. The first-order valence-corrected chi connectivity index (χ1v) is 41.6. The van der Waals surface area contributed by atoms with Crippen molar-refractivity contribution >= 4 is 70.9 Å². The van der Waals surface area contributed by atoms with Crippen LogP contribution in [0.5, 0.6) is 0 Å². The Labute approximate surface area is 661 Å². The average molecular weight is 1600 g/mol. The van der Waals surface area contributed by atoms with Crippen LogP contribution in [0.25, 0.3) is 0 Å². The highest BCUT2D eigenvalue weighted by atomic mass is 19.4.